The Labute approximate surface area is 53.5 Å². The van der Waals surface area contributed by atoms with Crippen LogP contribution in [0.15, 0.2) is 0 Å². The van der Waals surface area contributed by atoms with Gasteiger partial charge in [0.1, 0.15) is 0 Å². The second-order valence-corrected chi connectivity index (χ2v) is 2.38. The lowest BCUT2D eigenvalue weighted by molar-refractivity contribution is 0.190. The van der Waals surface area contributed by atoms with Crippen molar-refractivity contribution in [1.82, 2.24) is 0 Å². The highest BCUT2D eigenvalue weighted by atomic mass is 16.3. The van der Waals surface area contributed by atoms with Gasteiger partial charge in [0, 0.05) is 9.35 Å². The second-order valence-electron chi connectivity index (χ2n) is 2.38. The molecule has 1 heteroatoms. The molecule has 1 nitrogen and oxygen atoms in total. The first-order valence-electron chi connectivity index (χ1n) is 4.25. The second kappa shape index (κ2) is 3.08. The van der Waals surface area contributed by atoms with Crippen molar-refractivity contribution >= 4 is 0 Å². The minimum absolute atomic E-state index is 0.232. The molecule has 0 aliphatic heterocycles. The molecule has 48 valence electrons. The van der Waals surface area contributed by atoms with Crippen LogP contribution in [0, 0.1) is 5.92 Å². The Kier molecular flexibility index (Phi) is 1.50. The molecule has 0 heterocycles. The fourth-order valence-corrected chi connectivity index (χ4v) is 1.06. The summed E-state index contributed by atoms with van der Waals surface area (Å²) in [6, 6.07) is 0. The third-order valence-corrected chi connectivity index (χ3v) is 1.72. The van der Waals surface area contributed by atoms with Gasteiger partial charge in [0.05, 0.1) is 0 Å². The van der Waals surface area contributed by atoms with Crippen LogP contribution < -0.4 is 0 Å². The highest BCUT2D eigenvalue weighted by molar-refractivity contribution is 4.63. The molecule has 1 aliphatic rings. The van der Waals surface area contributed by atoms with E-state index in [0.29, 0.717) is 18.8 Å². The molecule has 8 heavy (non-hydrogen) atoms. The van der Waals surface area contributed by atoms with E-state index in [1.54, 1.807) is 0 Å². The smallest absolute Gasteiger partial charge is 0.0459 e. The molecule has 0 amide bonds. The molecule has 0 saturated heterocycles. The summed E-state index contributed by atoms with van der Waals surface area (Å²) in [7, 11) is 0. The SMILES string of the molecule is [2H]C1([2H])CCC(CO)CC1. The summed E-state index contributed by atoms with van der Waals surface area (Å²) in [5.74, 6) is 0.365. The zero-order valence-corrected chi connectivity index (χ0v) is 5.06. The number of aliphatic hydroxyl groups is 1. The Morgan fingerprint density at radius 2 is 2.12 bits per heavy atom. The Morgan fingerprint density at radius 1 is 1.50 bits per heavy atom. The molecule has 1 fully saturated rings. The van der Waals surface area contributed by atoms with E-state index < -0.39 is 6.37 Å². The maximum atomic E-state index is 8.74. The van der Waals surface area contributed by atoms with E-state index in [-0.39, 0.29) is 6.61 Å². The highest BCUT2D eigenvalue weighted by Gasteiger charge is 2.10. The van der Waals surface area contributed by atoms with Gasteiger partial charge in [-0.05, 0) is 18.8 Å². The van der Waals surface area contributed by atoms with Crippen molar-refractivity contribution in [2.75, 3.05) is 6.61 Å². The predicted octanol–water partition coefficient (Wildman–Crippen LogP) is 1.56. The van der Waals surface area contributed by atoms with E-state index in [9.17, 15) is 0 Å². The monoisotopic (exact) mass is 116 g/mol. The summed E-state index contributed by atoms with van der Waals surface area (Å²) in [4.78, 5) is 0. The fraction of sp³-hybridized carbons (Fsp3) is 1.00. The summed E-state index contributed by atoms with van der Waals surface area (Å²) in [5, 5.41) is 8.74. The van der Waals surface area contributed by atoms with E-state index in [1.807, 2.05) is 0 Å². The van der Waals surface area contributed by atoms with Crippen molar-refractivity contribution < 1.29 is 7.85 Å². The first-order valence-corrected chi connectivity index (χ1v) is 3.25. The summed E-state index contributed by atoms with van der Waals surface area (Å²) < 4.78 is 14.8. The van der Waals surface area contributed by atoms with E-state index in [1.165, 1.54) is 0 Å². The van der Waals surface area contributed by atoms with Crippen molar-refractivity contribution in [3.63, 3.8) is 0 Å². The van der Waals surface area contributed by atoms with E-state index in [0.717, 1.165) is 12.8 Å². The van der Waals surface area contributed by atoms with Crippen LogP contribution >= 0.6 is 0 Å². The van der Waals surface area contributed by atoms with Crippen LogP contribution in [0.1, 0.15) is 34.8 Å². The molecule has 0 unspecified atom stereocenters. The Balaban J connectivity index is 2.31. The molecule has 1 N–H and O–H groups in total. The molecule has 0 aromatic rings. The van der Waals surface area contributed by atoms with Crippen LogP contribution in [0.2, 0.25) is 0 Å². The lowest BCUT2D eigenvalue weighted by atomic mass is 9.90. The highest BCUT2D eigenvalue weighted by Crippen LogP contribution is 2.22. The molecule has 0 aromatic carbocycles. The molecular weight excluding hydrogens is 100 g/mol. The van der Waals surface area contributed by atoms with Crippen LogP contribution in [0.3, 0.4) is 0 Å². The summed E-state index contributed by atoms with van der Waals surface area (Å²) in [5.41, 5.74) is 0. The van der Waals surface area contributed by atoms with E-state index in [4.69, 9.17) is 7.85 Å². The average molecular weight is 116 g/mol. The molecule has 0 atom stereocenters. The number of hydrogen-bond acceptors (Lipinski definition) is 1. The molecule has 0 bridgehead atoms. The van der Waals surface area contributed by atoms with Gasteiger partial charge in [0.15, 0.2) is 0 Å². The molecule has 0 spiro atoms. The third-order valence-electron chi connectivity index (χ3n) is 1.72. The van der Waals surface area contributed by atoms with Crippen molar-refractivity contribution in [3.05, 3.63) is 0 Å². The predicted molar refractivity (Wildman–Crippen MR) is 33.7 cm³/mol. The number of rotatable bonds is 1. The van der Waals surface area contributed by atoms with Crippen LogP contribution in [0.4, 0.5) is 0 Å². The Morgan fingerprint density at radius 3 is 2.62 bits per heavy atom. The van der Waals surface area contributed by atoms with Crippen LogP contribution in [-0.4, -0.2) is 11.7 Å². The van der Waals surface area contributed by atoms with Gasteiger partial charge in [0.25, 0.3) is 0 Å². The summed E-state index contributed by atoms with van der Waals surface area (Å²) >= 11 is 0. The fourth-order valence-electron chi connectivity index (χ4n) is 1.06. The minimum atomic E-state index is -0.953. The summed E-state index contributed by atoms with van der Waals surface area (Å²) in [6.07, 6.45) is 2.00. The lowest BCUT2D eigenvalue weighted by Crippen LogP contribution is -2.09. The quantitative estimate of drug-likeness (QED) is 0.551. The van der Waals surface area contributed by atoms with Crippen molar-refractivity contribution in [1.29, 1.82) is 0 Å². The molecule has 1 saturated carbocycles. The molecule has 0 aromatic heterocycles. The molecular formula is C7H14O. The van der Waals surface area contributed by atoms with Crippen LogP contribution in [0.5, 0.6) is 0 Å². The van der Waals surface area contributed by atoms with Gasteiger partial charge in [-0.2, -0.15) is 0 Å². The van der Waals surface area contributed by atoms with Gasteiger partial charge in [0.2, 0.25) is 0 Å². The first-order chi connectivity index (χ1) is 4.64. The summed E-state index contributed by atoms with van der Waals surface area (Å²) in [6.45, 7) is 0.232. The van der Waals surface area contributed by atoms with E-state index >= 15 is 0 Å². The lowest BCUT2D eigenvalue weighted by Gasteiger charge is -2.18. The van der Waals surface area contributed by atoms with E-state index in [2.05, 4.69) is 0 Å². The zero-order chi connectivity index (χ0) is 7.61. The zero-order valence-electron chi connectivity index (χ0n) is 7.06. The average Bonchev–Trinajstić information content (AvgIpc) is 1.88. The van der Waals surface area contributed by atoms with Gasteiger partial charge in [-0.1, -0.05) is 19.2 Å². The van der Waals surface area contributed by atoms with Gasteiger partial charge in [-0.3, -0.25) is 0 Å². The topological polar surface area (TPSA) is 20.2 Å². The van der Waals surface area contributed by atoms with Crippen molar-refractivity contribution in [2.24, 2.45) is 5.92 Å². The number of hydrogen-bond donors (Lipinski definition) is 1. The minimum Gasteiger partial charge on any atom is -0.396 e. The maximum Gasteiger partial charge on any atom is 0.0459 e. The molecule has 0 radical (unpaired) electrons. The Bertz CT molecular complexity index is 104. The van der Waals surface area contributed by atoms with Gasteiger partial charge < -0.3 is 5.11 Å². The van der Waals surface area contributed by atoms with Crippen LogP contribution in [-0.2, 0) is 0 Å². The number of aliphatic hydroxyl groups excluding tert-OH is 1. The normalized spacial score (nSPS) is 33.6. The third kappa shape index (κ3) is 1.48. The van der Waals surface area contributed by atoms with Crippen molar-refractivity contribution in [3.8, 4) is 0 Å². The Hall–Kier alpha value is -0.0400. The van der Waals surface area contributed by atoms with Gasteiger partial charge in [-0.15, -0.1) is 0 Å². The standard InChI is InChI=1S/C7H14O/c8-6-7-4-2-1-3-5-7/h7-8H,1-6H2/i1D2. The maximum absolute atomic E-state index is 8.74. The van der Waals surface area contributed by atoms with Gasteiger partial charge >= 0.3 is 0 Å². The first kappa shape index (κ1) is 3.89. The van der Waals surface area contributed by atoms with Crippen molar-refractivity contribution in [2.45, 2.75) is 32.1 Å². The molecule has 1 aliphatic carbocycles. The van der Waals surface area contributed by atoms with Gasteiger partial charge in [-0.25, -0.2) is 0 Å². The largest absolute Gasteiger partial charge is 0.396 e. The van der Waals surface area contributed by atoms with Crippen LogP contribution in [0.25, 0.3) is 0 Å². The molecule has 1 rings (SSSR count).